The number of hydrogen-bond donors (Lipinski definition) is 0. The normalized spacial score (nSPS) is 10.5. The fourth-order valence-electron chi connectivity index (χ4n) is 1.97. The van der Waals surface area contributed by atoms with Gasteiger partial charge in [-0.2, -0.15) is 4.98 Å². The topological polar surface area (TPSA) is 78.2 Å². The van der Waals surface area contributed by atoms with Crippen LogP contribution < -0.4 is 4.74 Å². The second-order valence-corrected chi connectivity index (χ2v) is 5.08. The molecule has 21 heavy (non-hydrogen) atoms. The van der Waals surface area contributed by atoms with Gasteiger partial charge in [-0.1, -0.05) is 12.1 Å². The summed E-state index contributed by atoms with van der Waals surface area (Å²) in [5, 5.41) is 11.1. The lowest BCUT2D eigenvalue weighted by molar-refractivity contribution is -0.386. The van der Waals surface area contributed by atoms with E-state index >= 15 is 0 Å². The Morgan fingerprint density at radius 2 is 1.76 bits per heavy atom. The summed E-state index contributed by atoms with van der Waals surface area (Å²) in [5.41, 5.74) is 2.67. The Labute approximate surface area is 126 Å². The molecule has 0 aliphatic heterocycles. The predicted molar refractivity (Wildman–Crippen MR) is 79.2 cm³/mol. The molecule has 1 heterocycles. The molecule has 0 saturated heterocycles. The molecule has 7 heteroatoms. The van der Waals surface area contributed by atoms with Gasteiger partial charge in [0.15, 0.2) is 0 Å². The van der Waals surface area contributed by atoms with E-state index in [-0.39, 0.29) is 22.5 Å². The number of rotatable bonds is 3. The molecular formula is C14H14ClN3O3. The summed E-state index contributed by atoms with van der Waals surface area (Å²) >= 11 is 5.78. The van der Waals surface area contributed by atoms with Crippen molar-refractivity contribution in [1.82, 2.24) is 9.97 Å². The molecule has 0 spiro atoms. The maximum absolute atomic E-state index is 11.2. The number of benzene rings is 1. The van der Waals surface area contributed by atoms with Crippen molar-refractivity contribution in [3.63, 3.8) is 0 Å². The van der Waals surface area contributed by atoms with Crippen LogP contribution in [0.4, 0.5) is 5.69 Å². The fraction of sp³-hybridized carbons (Fsp3) is 0.286. The smallest absolute Gasteiger partial charge is 0.352 e. The molecule has 2 aromatic rings. The minimum absolute atomic E-state index is 0.0870. The highest BCUT2D eigenvalue weighted by atomic mass is 35.5. The maximum Gasteiger partial charge on any atom is 0.352 e. The van der Waals surface area contributed by atoms with Crippen LogP contribution in [0.1, 0.15) is 22.4 Å². The predicted octanol–water partition coefficient (Wildman–Crippen LogP) is 4.06. The molecule has 0 amide bonds. The van der Waals surface area contributed by atoms with Crippen LogP contribution in [-0.2, 0) is 0 Å². The van der Waals surface area contributed by atoms with Gasteiger partial charge in [0.05, 0.1) is 4.92 Å². The molecule has 1 aromatic heterocycles. The van der Waals surface area contributed by atoms with Gasteiger partial charge in [0.25, 0.3) is 0 Å². The van der Waals surface area contributed by atoms with Crippen molar-refractivity contribution < 1.29 is 9.66 Å². The fourth-order valence-corrected chi connectivity index (χ4v) is 2.17. The molecule has 2 rings (SSSR count). The minimum Gasteiger partial charge on any atom is -0.433 e. The van der Waals surface area contributed by atoms with Crippen LogP contribution in [0.25, 0.3) is 0 Å². The third-order valence-electron chi connectivity index (χ3n) is 3.25. The first-order valence-electron chi connectivity index (χ1n) is 6.24. The highest BCUT2D eigenvalue weighted by Crippen LogP contribution is 2.36. The number of aromatic nitrogens is 2. The Hall–Kier alpha value is -2.21. The van der Waals surface area contributed by atoms with E-state index in [0.717, 1.165) is 16.7 Å². The molecule has 110 valence electrons. The van der Waals surface area contributed by atoms with E-state index in [4.69, 9.17) is 16.3 Å². The molecule has 0 fully saturated rings. The first-order valence-corrected chi connectivity index (χ1v) is 6.62. The van der Waals surface area contributed by atoms with Gasteiger partial charge >= 0.3 is 11.6 Å². The van der Waals surface area contributed by atoms with Gasteiger partial charge in [0.1, 0.15) is 11.4 Å². The summed E-state index contributed by atoms with van der Waals surface area (Å²) in [6.45, 7) is 7.19. The first-order chi connectivity index (χ1) is 9.81. The average Bonchev–Trinajstić information content (AvgIpc) is 2.38. The number of nitrogens with zero attached hydrogens (tertiary/aromatic N) is 3. The summed E-state index contributed by atoms with van der Waals surface area (Å²) < 4.78 is 5.70. The van der Waals surface area contributed by atoms with Crippen molar-refractivity contribution in [3.8, 4) is 11.6 Å². The van der Waals surface area contributed by atoms with E-state index in [1.807, 2.05) is 32.9 Å². The number of halogens is 1. The Bertz CT molecular complexity index is 732. The zero-order valence-electron chi connectivity index (χ0n) is 12.1. The summed E-state index contributed by atoms with van der Waals surface area (Å²) in [6, 6.07) is 3.85. The summed E-state index contributed by atoms with van der Waals surface area (Å²) in [4.78, 5) is 18.3. The van der Waals surface area contributed by atoms with Crippen molar-refractivity contribution in [3.05, 3.63) is 49.9 Å². The SMILES string of the molecule is Cc1ccc(C)c(Oc2nc(Cl)nc(C)c2[N+](=O)[O-])c1C. The van der Waals surface area contributed by atoms with Crippen molar-refractivity contribution in [2.45, 2.75) is 27.7 Å². The van der Waals surface area contributed by atoms with Crippen molar-refractivity contribution >= 4 is 17.3 Å². The van der Waals surface area contributed by atoms with Gasteiger partial charge in [-0.05, 0) is 56.0 Å². The van der Waals surface area contributed by atoms with Gasteiger partial charge in [-0.25, -0.2) is 4.98 Å². The van der Waals surface area contributed by atoms with E-state index < -0.39 is 4.92 Å². The molecule has 0 N–H and O–H groups in total. The highest BCUT2D eigenvalue weighted by molar-refractivity contribution is 6.28. The van der Waals surface area contributed by atoms with Crippen LogP contribution in [0, 0.1) is 37.8 Å². The maximum atomic E-state index is 11.2. The van der Waals surface area contributed by atoms with E-state index in [0.29, 0.717) is 5.75 Å². The van der Waals surface area contributed by atoms with Crippen molar-refractivity contribution in [2.75, 3.05) is 0 Å². The lowest BCUT2D eigenvalue weighted by Crippen LogP contribution is -2.03. The van der Waals surface area contributed by atoms with Gasteiger partial charge in [-0.3, -0.25) is 10.1 Å². The largest absolute Gasteiger partial charge is 0.433 e. The summed E-state index contributed by atoms with van der Waals surface area (Å²) in [5.74, 6) is 0.404. The van der Waals surface area contributed by atoms with Crippen molar-refractivity contribution in [2.24, 2.45) is 0 Å². The van der Waals surface area contributed by atoms with E-state index in [2.05, 4.69) is 9.97 Å². The molecule has 6 nitrogen and oxygen atoms in total. The minimum atomic E-state index is -0.568. The van der Waals surface area contributed by atoms with Gasteiger partial charge < -0.3 is 4.74 Å². The monoisotopic (exact) mass is 307 g/mol. The second-order valence-electron chi connectivity index (χ2n) is 4.74. The quantitative estimate of drug-likeness (QED) is 0.485. The van der Waals surface area contributed by atoms with Gasteiger partial charge in [0, 0.05) is 0 Å². The number of aryl methyl sites for hydroxylation is 3. The molecule has 0 aliphatic carbocycles. The highest BCUT2D eigenvalue weighted by Gasteiger charge is 2.25. The molecule has 0 radical (unpaired) electrons. The Morgan fingerprint density at radius 3 is 2.38 bits per heavy atom. The van der Waals surface area contributed by atoms with E-state index in [1.54, 1.807) is 0 Å². The zero-order valence-corrected chi connectivity index (χ0v) is 12.9. The average molecular weight is 308 g/mol. The van der Waals surface area contributed by atoms with Crippen LogP contribution >= 0.6 is 11.6 Å². The molecular weight excluding hydrogens is 294 g/mol. The summed E-state index contributed by atoms with van der Waals surface area (Å²) in [6.07, 6.45) is 0. The van der Waals surface area contributed by atoms with E-state index in [9.17, 15) is 10.1 Å². The Kier molecular flexibility index (Phi) is 4.09. The number of ether oxygens (including phenoxy) is 1. The zero-order chi connectivity index (χ0) is 15.7. The Morgan fingerprint density at radius 1 is 1.14 bits per heavy atom. The molecule has 0 bridgehead atoms. The molecule has 0 unspecified atom stereocenters. The Balaban J connectivity index is 2.60. The third-order valence-corrected chi connectivity index (χ3v) is 3.42. The number of nitro groups is 1. The molecule has 0 atom stereocenters. The molecule has 0 aliphatic rings. The van der Waals surface area contributed by atoms with Crippen LogP contribution in [0.2, 0.25) is 5.28 Å². The van der Waals surface area contributed by atoms with Crippen LogP contribution in [0.3, 0.4) is 0 Å². The molecule has 1 aromatic carbocycles. The lowest BCUT2D eigenvalue weighted by atomic mass is 10.1. The molecule has 0 saturated carbocycles. The van der Waals surface area contributed by atoms with Gasteiger partial charge in [0.2, 0.25) is 5.28 Å². The second kappa shape index (κ2) is 5.65. The van der Waals surface area contributed by atoms with Crippen molar-refractivity contribution in [1.29, 1.82) is 0 Å². The van der Waals surface area contributed by atoms with Gasteiger partial charge in [-0.15, -0.1) is 0 Å². The van der Waals surface area contributed by atoms with E-state index in [1.165, 1.54) is 6.92 Å². The summed E-state index contributed by atoms with van der Waals surface area (Å²) in [7, 11) is 0. The first kappa shape index (κ1) is 15.2. The number of hydrogen-bond acceptors (Lipinski definition) is 5. The van der Waals surface area contributed by atoms with Crippen LogP contribution in [0.5, 0.6) is 11.6 Å². The lowest BCUT2D eigenvalue weighted by Gasteiger charge is -2.13. The standard InChI is InChI=1S/C14H14ClN3O3/c1-7-5-6-8(2)12(9(7)3)21-13-11(18(19)20)10(4)16-14(15)17-13/h5-6H,1-4H3. The van der Waals surface area contributed by atoms with Crippen LogP contribution in [0.15, 0.2) is 12.1 Å². The van der Waals surface area contributed by atoms with Crippen LogP contribution in [-0.4, -0.2) is 14.9 Å². The third kappa shape index (κ3) is 2.95.